The van der Waals surface area contributed by atoms with Crippen molar-refractivity contribution >= 4 is 0 Å². The summed E-state index contributed by atoms with van der Waals surface area (Å²) in [6.07, 6.45) is 3.89. The minimum absolute atomic E-state index is 0.262. The van der Waals surface area contributed by atoms with Crippen LogP contribution >= 0.6 is 0 Å². The molecular formula is C18H29NO2. The van der Waals surface area contributed by atoms with Crippen LogP contribution in [0.3, 0.4) is 0 Å². The molecule has 1 N–H and O–H groups in total. The molecule has 118 valence electrons. The highest BCUT2D eigenvalue weighted by atomic mass is 16.5. The van der Waals surface area contributed by atoms with Crippen molar-refractivity contribution in [2.24, 2.45) is 11.8 Å². The van der Waals surface area contributed by atoms with Gasteiger partial charge in [-0.05, 0) is 56.2 Å². The Labute approximate surface area is 129 Å². The van der Waals surface area contributed by atoms with Gasteiger partial charge in [-0.2, -0.15) is 0 Å². The Bertz CT molecular complexity index is 451. The molecule has 0 spiro atoms. The van der Waals surface area contributed by atoms with Gasteiger partial charge in [0.2, 0.25) is 0 Å². The summed E-state index contributed by atoms with van der Waals surface area (Å²) in [7, 11) is 3.43. The van der Waals surface area contributed by atoms with Gasteiger partial charge < -0.3 is 14.8 Å². The third kappa shape index (κ3) is 4.13. The lowest BCUT2D eigenvalue weighted by Crippen LogP contribution is -2.37. The number of hydrogen-bond donors (Lipinski definition) is 1. The fourth-order valence-electron chi connectivity index (χ4n) is 3.70. The van der Waals surface area contributed by atoms with E-state index in [0.717, 1.165) is 23.3 Å². The number of methoxy groups -OCH3 is 2. The van der Waals surface area contributed by atoms with Crippen LogP contribution < -0.4 is 14.8 Å². The van der Waals surface area contributed by atoms with Gasteiger partial charge in [-0.3, -0.25) is 0 Å². The van der Waals surface area contributed by atoms with Gasteiger partial charge >= 0.3 is 0 Å². The lowest BCUT2D eigenvalue weighted by Gasteiger charge is -2.34. The van der Waals surface area contributed by atoms with Crippen molar-refractivity contribution < 1.29 is 9.47 Å². The molecule has 0 aliphatic heterocycles. The van der Waals surface area contributed by atoms with Gasteiger partial charge in [0.05, 0.1) is 14.2 Å². The molecule has 1 aliphatic rings. The van der Waals surface area contributed by atoms with E-state index in [9.17, 15) is 0 Å². The van der Waals surface area contributed by atoms with E-state index in [1.165, 1.54) is 24.8 Å². The molecule has 3 nitrogen and oxygen atoms in total. The molecule has 0 amide bonds. The van der Waals surface area contributed by atoms with Gasteiger partial charge in [0.25, 0.3) is 0 Å². The van der Waals surface area contributed by atoms with Crippen LogP contribution in [-0.4, -0.2) is 20.3 Å². The Morgan fingerprint density at radius 3 is 2.29 bits per heavy atom. The van der Waals surface area contributed by atoms with Crippen molar-refractivity contribution in [2.75, 3.05) is 14.2 Å². The maximum atomic E-state index is 5.50. The minimum atomic E-state index is 0.262. The molecule has 2 rings (SSSR count). The molecule has 1 aromatic carbocycles. The van der Waals surface area contributed by atoms with E-state index >= 15 is 0 Å². The Morgan fingerprint density at radius 2 is 1.71 bits per heavy atom. The number of benzene rings is 1. The standard InChI is InChI=1S/C18H29NO2/c1-12-8-13(2)10-15(9-12)19-14(3)17-11-16(20-4)6-7-18(17)21-5/h6-7,11-15,19H,8-10H2,1-5H3. The Balaban J connectivity index is 2.10. The molecule has 1 aliphatic carbocycles. The van der Waals surface area contributed by atoms with Crippen LogP contribution in [0.2, 0.25) is 0 Å². The lowest BCUT2D eigenvalue weighted by molar-refractivity contribution is 0.227. The summed E-state index contributed by atoms with van der Waals surface area (Å²) >= 11 is 0. The van der Waals surface area contributed by atoms with Crippen LogP contribution in [0.4, 0.5) is 0 Å². The quantitative estimate of drug-likeness (QED) is 0.883. The molecule has 0 bridgehead atoms. The van der Waals surface area contributed by atoms with Crippen LogP contribution in [0.25, 0.3) is 0 Å². The van der Waals surface area contributed by atoms with Crippen LogP contribution in [0.15, 0.2) is 18.2 Å². The molecule has 1 saturated carbocycles. The normalized spacial score (nSPS) is 27.2. The van der Waals surface area contributed by atoms with Crippen molar-refractivity contribution in [3.63, 3.8) is 0 Å². The molecule has 1 fully saturated rings. The first-order valence-corrected chi connectivity index (χ1v) is 8.01. The third-order valence-corrected chi connectivity index (χ3v) is 4.57. The van der Waals surface area contributed by atoms with Gasteiger partial charge in [-0.25, -0.2) is 0 Å². The van der Waals surface area contributed by atoms with Crippen LogP contribution in [0.5, 0.6) is 11.5 Å². The van der Waals surface area contributed by atoms with E-state index < -0.39 is 0 Å². The molecular weight excluding hydrogens is 262 g/mol. The van der Waals surface area contributed by atoms with Crippen LogP contribution in [0.1, 0.15) is 51.6 Å². The topological polar surface area (TPSA) is 30.5 Å². The molecule has 3 heteroatoms. The number of nitrogens with one attached hydrogen (secondary N) is 1. The smallest absolute Gasteiger partial charge is 0.123 e. The molecule has 0 aromatic heterocycles. The highest BCUT2D eigenvalue weighted by Crippen LogP contribution is 2.33. The molecule has 1 aromatic rings. The Hall–Kier alpha value is -1.22. The van der Waals surface area contributed by atoms with Crippen LogP contribution in [-0.2, 0) is 0 Å². The molecule has 3 atom stereocenters. The second kappa shape index (κ2) is 7.17. The fourth-order valence-corrected chi connectivity index (χ4v) is 3.70. The minimum Gasteiger partial charge on any atom is -0.497 e. The van der Waals surface area contributed by atoms with Gasteiger partial charge in [0.15, 0.2) is 0 Å². The van der Waals surface area contributed by atoms with Crippen molar-refractivity contribution in [1.82, 2.24) is 5.32 Å². The molecule has 0 saturated heterocycles. The zero-order valence-electron chi connectivity index (χ0n) is 14.0. The van der Waals surface area contributed by atoms with Crippen molar-refractivity contribution in [3.05, 3.63) is 23.8 Å². The Kier molecular flexibility index (Phi) is 5.51. The summed E-state index contributed by atoms with van der Waals surface area (Å²) in [5, 5.41) is 3.79. The van der Waals surface area contributed by atoms with Crippen LogP contribution in [0, 0.1) is 11.8 Å². The second-order valence-corrected chi connectivity index (χ2v) is 6.61. The highest BCUT2D eigenvalue weighted by molar-refractivity contribution is 5.42. The maximum Gasteiger partial charge on any atom is 0.123 e. The second-order valence-electron chi connectivity index (χ2n) is 6.61. The van der Waals surface area contributed by atoms with Gasteiger partial charge in [-0.1, -0.05) is 13.8 Å². The first-order valence-electron chi connectivity index (χ1n) is 8.01. The number of ether oxygens (including phenoxy) is 2. The van der Waals surface area contributed by atoms with Gasteiger partial charge in [0.1, 0.15) is 11.5 Å². The molecule has 3 unspecified atom stereocenters. The Morgan fingerprint density at radius 1 is 1.05 bits per heavy atom. The lowest BCUT2D eigenvalue weighted by atomic mass is 9.80. The summed E-state index contributed by atoms with van der Waals surface area (Å²) < 4.78 is 10.8. The molecule has 0 radical (unpaired) electrons. The monoisotopic (exact) mass is 291 g/mol. The zero-order valence-corrected chi connectivity index (χ0v) is 14.0. The summed E-state index contributed by atoms with van der Waals surface area (Å²) in [5.74, 6) is 3.42. The molecule has 0 heterocycles. The van der Waals surface area contributed by atoms with E-state index in [0.29, 0.717) is 6.04 Å². The zero-order chi connectivity index (χ0) is 15.4. The van der Waals surface area contributed by atoms with Gasteiger partial charge in [0, 0.05) is 17.6 Å². The maximum absolute atomic E-state index is 5.50. The summed E-state index contributed by atoms with van der Waals surface area (Å²) in [4.78, 5) is 0. The predicted octanol–water partition coefficient (Wildman–Crippen LogP) is 4.18. The first kappa shape index (κ1) is 16.2. The average molecular weight is 291 g/mol. The van der Waals surface area contributed by atoms with E-state index in [-0.39, 0.29) is 6.04 Å². The summed E-state index contributed by atoms with van der Waals surface area (Å²) in [6, 6.07) is 6.86. The summed E-state index contributed by atoms with van der Waals surface area (Å²) in [5.41, 5.74) is 1.17. The predicted molar refractivity (Wildman–Crippen MR) is 87.1 cm³/mol. The van der Waals surface area contributed by atoms with E-state index in [2.05, 4.69) is 32.2 Å². The van der Waals surface area contributed by atoms with Gasteiger partial charge in [-0.15, -0.1) is 0 Å². The largest absolute Gasteiger partial charge is 0.497 e. The van der Waals surface area contributed by atoms with E-state index in [4.69, 9.17) is 9.47 Å². The average Bonchev–Trinajstić information content (AvgIpc) is 2.45. The number of rotatable bonds is 5. The number of hydrogen-bond acceptors (Lipinski definition) is 3. The van der Waals surface area contributed by atoms with Crippen molar-refractivity contribution in [1.29, 1.82) is 0 Å². The highest BCUT2D eigenvalue weighted by Gasteiger charge is 2.25. The SMILES string of the molecule is COc1ccc(OC)c(C(C)NC2CC(C)CC(C)C2)c1. The van der Waals surface area contributed by atoms with E-state index in [1.54, 1.807) is 14.2 Å². The first-order chi connectivity index (χ1) is 10.0. The van der Waals surface area contributed by atoms with Crippen molar-refractivity contribution in [2.45, 2.75) is 52.1 Å². The summed E-state index contributed by atoms with van der Waals surface area (Å²) in [6.45, 7) is 6.93. The van der Waals surface area contributed by atoms with E-state index in [1.807, 2.05) is 12.1 Å². The fraction of sp³-hybridized carbons (Fsp3) is 0.667. The van der Waals surface area contributed by atoms with Crippen molar-refractivity contribution in [3.8, 4) is 11.5 Å². The third-order valence-electron chi connectivity index (χ3n) is 4.57. The molecule has 21 heavy (non-hydrogen) atoms.